The molecule has 0 fully saturated rings. The zero-order valence-electron chi connectivity index (χ0n) is 29.0. The lowest BCUT2D eigenvalue weighted by atomic mass is 9.83. The van der Waals surface area contributed by atoms with Gasteiger partial charge in [0.05, 0.1) is 22.1 Å². The number of rotatable bonds is 6. The van der Waals surface area contributed by atoms with Crippen LogP contribution in [0.1, 0.15) is 18.4 Å². The minimum Gasteiger partial charge on any atom is -0.311 e. The van der Waals surface area contributed by atoms with E-state index in [-0.39, 0.29) is 0 Å². The summed E-state index contributed by atoms with van der Waals surface area (Å²) < 4.78 is 4.83. The van der Waals surface area contributed by atoms with Gasteiger partial charge in [-0.1, -0.05) is 128 Å². The molecule has 0 amide bonds. The Bertz CT molecular complexity index is 2750. The molecule has 2 aromatic heterocycles. The van der Waals surface area contributed by atoms with E-state index in [1.54, 1.807) is 0 Å². The Balaban J connectivity index is 1.10. The summed E-state index contributed by atoms with van der Waals surface area (Å²) in [5.41, 5.74) is 11.9. The fourth-order valence-electron chi connectivity index (χ4n) is 8.40. The van der Waals surface area contributed by atoms with Gasteiger partial charge in [0, 0.05) is 55.9 Å². The van der Waals surface area contributed by atoms with Crippen LogP contribution in [0.3, 0.4) is 0 Å². The first-order valence-corrected chi connectivity index (χ1v) is 18.2. The predicted molar refractivity (Wildman–Crippen MR) is 219 cm³/mol. The average Bonchev–Trinajstić information content (AvgIpc) is 3.72. The molecule has 1 aliphatic rings. The molecule has 1 aliphatic carbocycles. The maximum Gasteiger partial charge on any atom is 0.0561 e. The van der Waals surface area contributed by atoms with Gasteiger partial charge in [-0.3, -0.25) is 0 Å². The highest BCUT2D eigenvalue weighted by Crippen LogP contribution is 2.40. The molecule has 7 aromatic carbocycles. The highest BCUT2D eigenvalue weighted by atomic mass is 15.1. The van der Waals surface area contributed by atoms with Crippen molar-refractivity contribution in [1.29, 1.82) is 0 Å². The number of anilines is 2. The maximum atomic E-state index is 2.42. The summed E-state index contributed by atoms with van der Waals surface area (Å²) in [5, 5.41) is 5.03. The summed E-state index contributed by atoms with van der Waals surface area (Å²) in [6, 6.07) is 63.7. The Morgan fingerprint density at radius 3 is 1.52 bits per heavy atom. The van der Waals surface area contributed by atoms with Crippen molar-refractivity contribution in [2.45, 2.75) is 12.8 Å². The first kappa shape index (κ1) is 30.3. The Labute approximate surface area is 303 Å². The quantitative estimate of drug-likeness (QED) is 0.172. The van der Waals surface area contributed by atoms with E-state index in [0.29, 0.717) is 11.8 Å². The van der Waals surface area contributed by atoms with Gasteiger partial charge in [0.25, 0.3) is 0 Å². The Kier molecular flexibility index (Phi) is 7.17. The van der Waals surface area contributed by atoms with Crippen LogP contribution in [-0.2, 0) is 0 Å². The van der Waals surface area contributed by atoms with Crippen LogP contribution < -0.4 is 4.90 Å². The molecule has 3 nitrogen and oxygen atoms in total. The highest BCUT2D eigenvalue weighted by molar-refractivity contribution is 6.12. The van der Waals surface area contributed by atoms with Gasteiger partial charge in [-0.2, -0.15) is 0 Å². The maximum absolute atomic E-state index is 2.42. The van der Waals surface area contributed by atoms with Crippen molar-refractivity contribution in [3.63, 3.8) is 0 Å². The summed E-state index contributed by atoms with van der Waals surface area (Å²) in [5.74, 6) is 0.710. The fraction of sp³-hybridized carbons (Fsp3) is 0.0612. The lowest BCUT2D eigenvalue weighted by Gasteiger charge is -2.31. The second-order valence-corrected chi connectivity index (χ2v) is 13.9. The third-order valence-electron chi connectivity index (χ3n) is 10.8. The second-order valence-electron chi connectivity index (χ2n) is 13.9. The van der Waals surface area contributed by atoms with Crippen molar-refractivity contribution >= 4 is 55.0 Å². The van der Waals surface area contributed by atoms with E-state index in [9.17, 15) is 0 Å². The number of hydrogen-bond acceptors (Lipinski definition) is 1. The number of fused-ring (bicyclic) bond motifs is 6. The zero-order chi connectivity index (χ0) is 34.6. The molecule has 3 heteroatoms. The number of para-hydroxylation sites is 4. The van der Waals surface area contributed by atoms with E-state index >= 15 is 0 Å². The van der Waals surface area contributed by atoms with Crippen LogP contribution in [-0.4, -0.2) is 9.13 Å². The van der Waals surface area contributed by atoms with Gasteiger partial charge in [-0.25, -0.2) is 0 Å². The molecule has 0 saturated heterocycles. The highest BCUT2D eigenvalue weighted by Gasteiger charge is 2.23. The normalized spacial score (nSPS) is 15.8. The number of aromatic nitrogens is 2. The van der Waals surface area contributed by atoms with Gasteiger partial charge in [-0.15, -0.1) is 0 Å². The van der Waals surface area contributed by atoms with Crippen molar-refractivity contribution in [3.05, 3.63) is 205 Å². The minimum absolute atomic E-state index is 0.354. The molecule has 0 aliphatic heterocycles. The lowest BCUT2D eigenvalue weighted by Crippen LogP contribution is -2.20. The number of nitrogens with zero attached hydrogens (tertiary/aromatic N) is 3. The molecule has 52 heavy (non-hydrogen) atoms. The molecular weight excluding hydrogens is 631 g/mol. The van der Waals surface area contributed by atoms with Gasteiger partial charge in [-0.05, 0) is 84.3 Å². The van der Waals surface area contributed by atoms with Gasteiger partial charge in [0.1, 0.15) is 0 Å². The van der Waals surface area contributed by atoms with Gasteiger partial charge >= 0.3 is 0 Å². The number of allylic oxidation sites excluding steroid dienone is 3. The largest absolute Gasteiger partial charge is 0.311 e. The molecule has 10 rings (SSSR count). The fourth-order valence-corrected chi connectivity index (χ4v) is 8.40. The SMILES string of the molecule is CC1C=C(N(c2ccccc2)c2ccc(-n3c4ccccc4c4ccc(-n5c6ccccc6c6ccccc65)cc43)cc2)C=CC1c1ccccc1. The Hall–Kier alpha value is -6.58. The van der Waals surface area contributed by atoms with Gasteiger partial charge < -0.3 is 14.0 Å². The van der Waals surface area contributed by atoms with E-state index in [0.717, 1.165) is 22.7 Å². The number of benzene rings is 7. The van der Waals surface area contributed by atoms with E-state index in [4.69, 9.17) is 0 Å². The molecule has 248 valence electrons. The molecule has 0 spiro atoms. The third kappa shape index (κ3) is 4.89. The Morgan fingerprint density at radius 2 is 0.923 bits per heavy atom. The summed E-state index contributed by atoms with van der Waals surface area (Å²) in [6.07, 6.45) is 7.08. The first-order chi connectivity index (χ1) is 25.7. The number of hydrogen-bond donors (Lipinski definition) is 0. The van der Waals surface area contributed by atoms with E-state index in [1.807, 2.05) is 0 Å². The summed E-state index contributed by atoms with van der Waals surface area (Å²) in [7, 11) is 0. The monoisotopic (exact) mass is 667 g/mol. The molecule has 0 N–H and O–H groups in total. The molecule has 2 atom stereocenters. The van der Waals surface area contributed by atoms with Crippen LogP contribution in [0.5, 0.6) is 0 Å². The standard InChI is InChI=1S/C49H37N3/c1-34-32-39(28-30-41(34)35-14-4-2-5-15-35)50(36-16-6-3-7-17-36)37-24-26-38(27-25-37)51-46-21-11-10-20-44(46)45-31-29-40(33-49(45)51)52-47-22-12-8-18-42(47)43-19-9-13-23-48(43)52/h2-34,41H,1H3. The molecule has 2 unspecified atom stereocenters. The van der Waals surface area contributed by atoms with Crippen LogP contribution in [0.25, 0.3) is 55.0 Å². The first-order valence-electron chi connectivity index (χ1n) is 18.2. The summed E-state index contributed by atoms with van der Waals surface area (Å²) >= 11 is 0. The van der Waals surface area contributed by atoms with Crippen molar-refractivity contribution in [2.24, 2.45) is 5.92 Å². The van der Waals surface area contributed by atoms with Crippen LogP contribution in [0.2, 0.25) is 0 Å². The molecule has 2 heterocycles. The van der Waals surface area contributed by atoms with Crippen molar-refractivity contribution in [3.8, 4) is 11.4 Å². The van der Waals surface area contributed by atoms with E-state index in [2.05, 4.69) is 215 Å². The van der Waals surface area contributed by atoms with Crippen LogP contribution >= 0.6 is 0 Å². The van der Waals surface area contributed by atoms with E-state index in [1.165, 1.54) is 54.9 Å². The molecule has 9 aromatic rings. The molecular formula is C49H37N3. The predicted octanol–water partition coefficient (Wildman–Crippen LogP) is 12.9. The van der Waals surface area contributed by atoms with Crippen LogP contribution in [0, 0.1) is 5.92 Å². The molecule has 0 bridgehead atoms. The average molecular weight is 668 g/mol. The Morgan fingerprint density at radius 1 is 0.442 bits per heavy atom. The van der Waals surface area contributed by atoms with Gasteiger partial charge in [0.15, 0.2) is 0 Å². The second kappa shape index (κ2) is 12.3. The van der Waals surface area contributed by atoms with Gasteiger partial charge in [0.2, 0.25) is 0 Å². The lowest BCUT2D eigenvalue weighted by molar-refractivity contribution is 0.628. The topological polar surface area (TPSA) is 13.1 Å². The minimum atomic E-state index is 0.354. The van der Waals surface area contributed by atoms with Crippen LogP contribution in [0.4, 0.5) is 11.4 Å². The zero-order valence-corrected chi connectivity index (χ0v) is 29.0. The third-order valence-corrected chi connectivity index (χ3v) is 10.8. The molecule has 0 saturated carbocycles. The summed E-state index contributed by atoms with van der Waals surface area (Å²) in [4.78, 5) is 2.38. The van der Waals surface area contributed by atoms with E-state index < -0.39 is 0 Å². The van der Waals surface area contributed by atoms with Crippen molar-refractivity contribution in [1.82, 2.24) is 9.13 Å². The van der Waals surface area contributed by atoms with Crippen LogP contribution in [0.15, 0.2) is 200 Å². The van der Waals surface area contributed by atoms with Crippen molar-refractivity contribution in [2.75, 3.05) is 4.90 Å². The summed E-state index contributed by atoms with van der Waals surface area (Å²) in [6.45, 7) is 2.32. The smallest absolute Gasteiger partial charge is 0.0561 e. The van der Waals surface area contributed by atoms with Crippen molar-refractivity contribution < 1.29 is 0 Å². The molecule has 0 radical (unpaired) electrons.